The van der Waals surface area contributed by atoms with E-state index in [2.05, 4.69) is 4.90 Å². The Hall–Kier alpha value is -2.73. The molecule has 0 spiro atoms. The van der Waals surface area contributed by atoms with E-state index < -0.39 is 5.97 Å². The number of carboxylic acids is 1. The summed E-state index contributed by atoms with van der Waals surface area (Å²) in [6.07, 6.45) is 5.13. The number of benzene rings is 2. The summed E-state index contributed by atoms with van der Waals surface area (Å²) in [5, 5.41) is 9.55. The van der Waals surface area contributed by atoms with Crippen molar-refractivity contribution in [3.63, 3.8) is 0 Å². The Morgan fingerprint density at radius 3 is 2.38 bits per heavy atom. The number of hydrogen-bond donors (Lipinski definition) is 1. The molecule has 1 aliphatic heterocycles. The Kier molecular flexibility index (Phi) is 8.39. The lowest BCUT2D eigenvalue weighted by atomic mass is 10.0. The Labute approximate surface area is 189 Å². The van der Waals surface area contributed by atoms with Crippen molar-refractivity contribution >= 4 is 17.6 Å². The third kappa shape index (κ3) is 6.16. The number of rotatable bonds is 4. The molecule has 0 unspecified atom stereocenters. The number of carbonyl (C=O) groups excluding carboxylic acids is 1. The molecule has 5 nitrogen and oxygen atoms in total. The van der Waals surface area contributed by atoms with Crippen LogP contribution in [-0.2, 0) is 17.9 Å². The summed E-state index contributed by atoms with van der Waals surface area (Å²) in [7, 11) is 0. The first-order valence-electron chi connectivity index (χ1n) is 11.5. The van der Waals surface area contributed by atoms with E-state index in [0.717, 1.165) is 49.9 Å². The molecule has 0 radical (unpaired) electrons. The highest BCUT2D eigenvalue weighted by atomic mass is 19.1. The minimum absolute atomic E-state index is 0.0343. The number of aromatic carboxylic acids is 1. The van der Waals surface area contributed by atoms with Crippen molar-refractivity contribution < 1.29 is 19.1 Å². The fourth-order valence-corrected chi connectivity index (χ4v) is 4.23. The van der Waals surface area contributed by atoms with Crippen LogP contribution in [0.25, 0.3) is 0 Å². The first kappa shape index (κ1) is 23.9. The molecule has 1 aliphatic rings. The van der Waals surface area contributed by atoms with E-state index in [1.165, 1.54) is 6.07 Å². The van der Waals surface area contributed by atoms with Crippen LogP contribution >= 0.6 is 0 Å². The molecule has 0 aliphatic carbocycles. The van der Waals surface area contributed by atoms with Gasteiger partial charge in [-0.15, -0.1) is 0 Å². The van der Waals surface area contributed by atoms with Gasteiger partial charge in [0, 0.05) is 36.8 Å². The summed E-state index contributed by atoms with van der Waals surface area (Å²) in [5.74, 6) is -1.37. The minimum atomic E-state index is -0.999. The Balaban J connectivity index is 2.02. The van der Waals surface area contributed by atoms with E-state index in [-0.39, 0.29) is 23.2 Å². The average molecular weight is 441 g/mol. The molecule has 0 saturated carbocycles. The SMILES string of the molecule is CC(C)C(=O)N1CCCCCCCN(Cc2ccccc2F)Cc2cc(C(=O)O)ccc21. The Morgan fingerprint density at radius 2 is 1.69 bits per heavy atom. The third-order valence-corrected chi connectivity index (χ3v) is 5.98. The van der Waals surface area contributed by atoms with Gasteiger partial charge < -0.3 is 10.0 Å². The highest BCUT2D eigenvalue weighted by Crippen LogP contribution is 2.28. The maximum absolute atomic E-state index is 14.4. The van der Waals surface area contributed by atoms with Gasteiger partial charge in [0.15, 0.2) is 0 Å². The van der Waals surface area contributed by atoms with Gasteiger partial charge in [0.25, 0.3) is 0 Å². The van der Waals surface area contributed by atoms with E-state index in [0.29, 0.717) is 25.2 Å². The molecule has 172 valence electrons. The topological polar surface area (TPSA) is 60.9 Å². The number of hydrogen-bond acceptors (Lipinski definition) is 3. The molecular formula is C26H33FN2O3. The fourth-order valence-electron chi connectivity index (χ4n) is 4.23. The third-order valence-electron chi connectivity index (χ3n) is 5.98. The fraction of sp³-hybridized carbons (Fsp3) is 0.462. The van der Waals surface area contributed by atoms with Crippen molar-refractivity contribution in [1.82, 2.24) is 4.90 Å². The van der Waals surface area contributed by atoms with Gasteiger partial charge in [-0.3, -0.25) is 9.69 Å². The molecule has 0 fully saturated rings. The number of halogens is 1. The number of fused-ring (bicyclic) bond motifs is 1. The van der Waals surface area contributed by atoms with E-state index in [1.54, 1.807) is 30.3 Å². The van der Waals surface area contributed by atoms with E-state index in [9.17, 15) is 19.1 Å². The van der Waals surface area contributed by atoms with Crippen molar-refractivity contribution in [2.75, 3.05) is 18.0 Å². The van der Waals surface area contributed by atoms with E-state index in [4.69, 9.17) is 0 Å². The van der Waals surface area contributed by atoms with Crippen molar-refractivity contribution in [2.24, 2.45) is 5.92 Å². The highest BCUT2D eigenvalue weighted by molar-refractivity contribution is 5.96. The zero-order valence-electron chi connectivity index (χ0n) is 19.0. The van der Waals surface area contributed by atoms with Crippen molar-refractivity contribution in [3.05, 3.63) is 65.0 Å². The first-order chi connectivity index (χ1) is 15.4. The van der Waals surface area contributed by atoms with E-state index in [1.807, 2.05) is 24.8 Å². The second kappa shape index (κ2) is 11.2. The lowest BCUT2D eigenvalue weighted by molar-refractivity contribution is -0.121. The largest absolute Gasteiger partial charge is 0.478 e. The molecule has 6 heteroatoms. The van der Waals surface area contributed by atoms with Crippen LogP contribution in [0.15, 0.2) is 42.5 Å². The van der Waals surface area contributed by atoms with Crippen LogP contribution in [0, 0.1) is 11.7 Å². The van der Waals surface area contributed by atoms with Crippen LogP contribution in [0.4, 0.5) is 10.1 Å². The highest BCUT2D eigenvalue weighted by Gasteiger charge is 2.23. The predicted octanol–water partition coefficient (Wildman–Crippen LogP) is 5.48. The average Bonchev–Trinajstić information content (AvgIpc) is 2.76. The summed E-state index contributed by atoms with van der Waals surface area (Å²) in [6.45, 7) is 6.05. The van der Waals surface area contributed by atoms with Crippen molar-refractivity contribution in [2.45, 2.75) is 59.0 Å². The second-order valence-corrected chi connectivity index (χ2v) is 8.86. The number of carboxylic acid groups (broad SMARTS) is 1. The number of nitrogens with zero attached hydrogens (tertiary/aromatic N) is 2. The first-order valence-corrected chi connectivity index (χ1v) is 11.5. The molecular weight excluding hydrogens is 407 g/mol. The smallest absolute Gasteiger partial charge is 0.335 e. The standard InChI is InChI=1S/C26H33FN2O3/c1-19(2)25(30)29-15-9-5-3-4-8-14-28(17-21-10-6-7-11-23(21)27)18-22-16-20(26(31)32)12-13-24(22)29/h6-7,10-13,16,19H,3-5,8-9,14-15,17-18H2,1-2H3,(H,31,32). The van der Waals surface area contributed by atoms with Crippen molar-refractivity contribution in [3.8, 4) is 0 Å². The lowest BCUT2D eigenvalue weighted by Crippen LogP contribution is -2.37. The predicted molar refractivity (Wildman–Crippen MR) is 124 cm³/mol. The van der Waals surface area contributed by atoms with E-state index >= 15 is 0 Å². The molecule has 2 aromatic carbocycles. The molecule has 32 heavy (non-hydrogen) atoms. The van der Waals surface area contributed by atoms with Crippen LogP contribution in [-0.4, -0.2) is 35.0 Å². The molecule has 0 atom stereocenters. The molecule has 0 bridgehead atoms. The zero-order chi connectivity index (χ0) is 23.1. The van der Waals surface area contributed by atoms with Crippen LogP contribution in [0.2, 0.25) is 0 Å². The van der Waals surface area contributed by atoms with Gasteiger partial charge in [-0.2, -0.15) is 0 Å². The monoisotopic (exact) mass is 440 g/mol. The summed E-state index contributed by atoms with van der Waals surface area (Å²) in [6, 6.07) is 11.7. The Bertz CT molecular complexity index is 944. The van der Waals surface area contributed by atoms with Gasteiger partial charge in [0.2, 0.25) is 5.91 Å². The quantitative estimate of drug-likeness (QED) is 0.684. The molecule has 0 saturated heterocycles. The summed E-state index contributed by atoms with van der Waals surface area (Å²) in [5.41, 5.74) is 2.35. The maximum Gasteiger partial charge on any atom is 0.335 e. The summed E-state index contributed by atoms with van der Waals surface area (Å²) in [4.78, 5) is 28.7. The lowest BCUT2D eigenvalue weighted by Gasteiger charge is -2.30. The minimum Gasteiger partial charge on any atom is -0.478 e. The van der Waals surface area contributed by atoms with Crippen LogP contribution in [0.1, 0.15) is 67.4 Å². The van der Waals surface area contributed by atoms with Crippen LogP contribution in [0.3, 0.4) is 0 Å². The second-order valence-electron chi connectivity index (χ2n) is 8.86. The normalized spacial score (nSPS) is 16.2. The summed E-state index contributed by atoms with van der Waals surface area (Å²) >= 11 is 0. The summed E-state index contributed by atoms with van der Waals surface area (Å²) < 4.78 is 14.4. The molecule has 1 N–H and O–H groups in total. The molecule has 2 aromatic rings. The number of anilines is 1. The van der Waals surface area contributed by atoms with Gasteiger partial charge in [-0.05, 0) is 49.2 Å². The number of carbonyl (C=O) groups is 2. The van der Waals surface area contributed by atoms with Crippen LogP contribution in [0.5, 0.6) is 0 Å². The zero-order valence-corrected chi connectivity index (χ0v) is 19.0. The molecule has 1 heterocycles. The Morgan fingerprint density at radius 1 is 1.00 bits per heavy atom. The van der Waals surface area contributed by atoms with Gasteiger partial charge in [-0.1, -0.05) is 51.3 Å². The molecule has 1 amide bonds. The van der Waals surface area contributed by atoms with Crippen molar-refractivity contribution in [1.29, 1.82) is 0 Å². The van der Waals surface area contributed by atoms with Gasteiger partial charge in [-0.25, -0.2) is 9.18 Å². The van der Waals surface area contributed by atoms with Crippen LogP contribution < -0.4 is 4.90 Å². The van der Waals surface area contributed by atoms with Gasteiger partial charge in [0.1, 0.15) is 5.82 Å². The van der Waals surface area contributed by atoms with Gasteiger partial charge >= 0.3 is 5.97 Å². The number of amides is 1. The molecule has 3 rings (SSSR count). The van der Waals surface area contributed by atoms with Gasteiger partial charge in [0.05, 0.1) is 5.56 Å². The maximum atomic E-state index is 14.4. The molecule has 0 aromatic heterocycles.